The molecule has 14 heavy (non-hydrogen) atoms. The molecular weight excluding hydrogens is 180 g/mol. The van der Waals surface area contributed by atoms with E-state index in [2.05, 4.69) is 15.5 Å². The van der Waals surface area contributed by atoms with Crippen molar-refractivity contribution in [3.05, 3.63) is 11.9 Å². The van der Waals surface area contributed by atoms with Gasteiger partial charge >= 0.3 is 0 Å². The molecule has 1 aromatic heterocycles. The maximum absolute atomic E-state index is 11.5. The number of carbonyl (C=O) groups excluding carboxylic acids is 1. The first-order valence-electron chi connectivity index (χ1n) is 4.53. The fraction of sp³-hybridized carbons (Fsp3) is 0.667. The van der Waals surface area contributed by atoms with Crippen LogP contribution in [-0.2, 0) is 18.4 Å². The van der Waals surface area contributed by atoms with E-state index in [0.29, 0.717) is 6.54 Å². The SMILES string of the molecule is Cn1ncc(CNC(=O)C(C)(C)C)n1. The third-order valence-electron chi connectivity index (χ3n) is 1.76. The molecule has 78 valence electrons. The summed E-state index contributed by atoms with van der Waals surface area (Å²) in [6.07, 6.45) is 1.64. The number of aromatic nitrogens is 3. The Hall–Kier alpha value is -1.39. The van der Waals surface area contributed by atoms with Gasteiger partial charge < -0.3 is 5.32 Å². The highest BCUT2D eigenvalue weighted by Gasteiger charge is 2.20. The lowest BCUT2D eigenvalue weighted by Crippen LogP contribution is -2.34. The van der Waals surface area contributed by atoms with Crippen molar-refractivity contribution in [1.82, 2.24) is 20.3 Å². The van der Waals surface area contributed by atoms with Crippen molar-refractivity contribution < 1.29 is 4.79 Å². The molecule has 0 fully saturated rings. The number of nitrogens with one attached hydrogen (secondary N) is 1. The summed E-state index contributed by atoms with van der Waals surface area (Å²) < 4.78 is 0. The Kier molecular flexibility index (Phi) is 2.88. The molecule has 0 aliphatic rings. The van der Waals surface area contributed by atoms with Gasteiger partial charge in [-0.15, -0.1) is 0 Å². The first-order chi connectivity index (χ1) is 6.39. The van der Waals surface area contributed by atoms with Crippen LogP contribution in [0.1, 0.15) is 26.5 Å². The van der Waals surface area contributed by atoms with Gasteiger partial charge in [-0.05, 0) is 0 Å². The summed E-state index contributed by atoms with van der Waals surface area (Å²) in [7, 11) is 1.75. The molecule has 1 amide bonds. The van der Waals surface area contributed by atoms with E-state index >= 15 is 0 Å². The highest BCUT2D eigenvalue weighted by Crippen LogP contribution is 2.12. The zero-order valence-corrected chi connectivity index (χ0v) is 9.03. The van der Waals surface area contributed by atoms with E-state index in [9.17, 15) is 4.79 Å². The molecule has 1 N–H and O–H groups in total. The third kappa shape index (κ3) is 2.83. The molecule has 1 rings (SSSR count). The van der Waals surface area contributed by atoms with Crippen molar-refractivity contribution in [3.63, 3.8) is 0 Å². The molecule has 5 heteroatoms. The number of nitrogens with zero attached hydrogens (tertiary/aromatic N) is 3. The quantitative estimate of drug-likeness (QED) is 0.748. The van der Waals surface area contributed by atoms with Gasteiger partial charge in [-0.1, -0.05) is 20.8 Å². The van der Waals surface area contributed by atoms with Crippen molar-refractivity contribution in [3.8, 4) is 0 Å². The second-order valence-electron chi connectivity index (χ2n) is 4.26. The first kappa shape index (κ1) is 10.7. The van der Waals surface area contributed by atoms with Crippen molar-refractivity contribution in [2.45, 2.75) is 27.3 Å². The van der Waals surface area contributed by atoms with Crippen LogP contribution >= 0.6 is 0 Å². The Morgan fingerprint density at radius 3 is 2.64 bits per heavy atom. The highest BCUT2D eigenvalue weighted by molar-refractivity contribution is 5.81. The molecule has 0 aromatic carbocycles. The van der Waals surface area contributed by atoms with Crippen molar-refractivity contribution in [2.75, 3.05) is 0 Å². The number of rotatable bonds is 2. The number of hydrogen-bond donors (Lipinski definition) is 1. The van der Waals surface area contributed by atoms with Gasteiger partial charge in [0.1, 0.15) is 5.69 Å². The van der Waals surface area contributed by atoms with Gasteiger partial charge in [0.05, 0.1) is 12.7 Å². The molecule has 0 unspecified atom stereocenters. The molecule has 0 radical (unpaired) electrons. The molecule has 0 aliphatic carbocycles. The highest BCUT2D eigenvalue weighted by atomic mass is 16.2. The summed E-state index contributed by atoms with van der Waals surface area (Å²) in [6, 6.07) is 0. The molecule has 5 nitrogen and oxygen atoms in total. The van der Waals surface area contributed by atoms with Gasteiger partial charge in [0.25, 0.3) is 0 Å². The van der Waals surface area contributed by atoms with Crippen LogP contribution < -0.4 is 5.32 Å². The summed E-state index contributed by atoms with van der Waals surface area (Å²) in [5.41, 5.74) is 0.410. The fourth-order valence-electron chi connectivity index (χ4n) is 0.905. The van der Waals surface area contributed by atoms with Crippen molar-refractivity contribution in [1.29, 1.82) is 0 Å². The average molecular weight is 196 g/mol. The van der Waals surface area contributed by atoms with E-state index < -0.39 is 0 Å². The second kappa shape index (κ2) is 3.77. The van der Waals surface area contributed by atoms with E-state index in [0.717, 1.165) is 5.69 Å². The van der Waals surface area contributed by atoms with Gasteiger partial charge in [0.15, 0.2) is 0 Å². The minimum Gasteiger partial charge on any atom is -0.350 e. The normalized spacial score (nSPS) is 11.4. The molecule has 0 atom stereocenters. The Morgan fingerprint density at radius 1 is 1.57 bits per heavy atom. The molecule has 0 bridgehead atoms. The summed E-state index contributed by atoms with van der Waals surface area (Å²) in [5.74, 6) is 0.0168. The Bertz CT molecular complexity index is 324. The maximum Gasteiger partial charge on any atom is 0.225 e. The summed E-state index contributed by atoms with van der Waals surface area (Å²) >= 11 is 0. The number of carbonyl (C=O) groups is 1. The Balaban J connectivity index is 2.46. The van der Waals surface area contributed by atoms with Crippen LogP contribution in [0.15, 0.2) is 6.20 Å². The molecule has 1 aromatic rings. The zero-order chi connectivity index (χ0) is 10.8. The van der Waals surface area contributed by atoms with E-state index in [1.54, 1.807) is 13.2 Å². The minimum absolute atomic E-state index is 0.0168. The van der Waals surface area contributed by atoms with Crippen LogP contribution in [0, 0.1) is 5.41 Å². The standard InChI is InChI=1S/C9H16N4O/c1-9(2,3)8(14)10-5-7-6-11-13(4)12-7/h6H,5H2,1-4H3,(H,10,14). The van der Waals surface area contributed by atoms with Gasteiger partial charge in [-0.2, -0.15) is 15.0 Å². The largest absolute Gasteiger partial charge is 0.350 e. The van der Waals surface area contributed by atoms with E-state index in [1.807, 2.05) is 20.8 Å². The van der Waals surface area contributed by atoms with E-state index in [-0.39, 0.29) is 11.3 Å². The van der Waals surface area contributed by atoms with Crippen LogP contribution in [0.3, 0.4) is 0 Å². The second-order valence-corrected chi connectivity index (χ2v) is 4.26. The Labute approximate surface area is 83.5 Å². The maximum atomic E-state index is 11.5. The van der Waals surface area contributed by atoms with Gasteiger partial charge in [0, 0.05) is 12.5 Å². The molecule has 0 spiro atoms. The van der Waals surface area contributed by atoms with Gasteiger partial charge in [0.2, 0.25) is 5.91 Å². The molecule has 0 saturated carbocycles. The Morgan fingerprint density at radius 2 is 2.21 bits per heavy atom. The molecule has 1 heterocycles. The van der Waals surface area contributed by atoms with Gasteiger partial charge in [-0.3, -0.25) is 4.79 Å². The smallest absolute Gasteiger partial charge is 0.225 e. The van der Waals surface area contributed by atoms with Crippen molar-refractivity contribution >= 4 is 5.91 Å². The molecule has 0 saturated heterocycles. The lowest BCUT2D eigenvalue weighted by Gasteiger charge is -2.16. The summed E-state index contributed by atoms with van der Waals surface area (Å²) in [6.45, 7) is 6.06. The number of amides is 1. The summed E-state index contributed by atoms with van der Waals surface area (Å²) in [4.78, 5) is 12.9. The van der Waals surface area contributed by atoms with E-state index in [1.165, 1.54) is 4.80 Å². The predicted molar refractivity (Wildman–Crippen MR) is 52.3 cm³/mol. The van der Waals surface area contributed by atoms with Crippen LogP contribution in [0.25, 0.3) is 0 Å². The monoisotopic (exact) mass is 196 g/mol. The topological polar surface area (TPSA) is 59.8 Å². The molecular formula is C9H16N4O. The van der Waals surface area contributed by atoms with Crippen LogP contribution in [-0.4, -0.2) is 20.9 Å². The van der Waals surface area contributed by atoms with Crippen molar-refractivity contribution in [2.24, 2.45) is 12.5 Å². The van der Waals surface area contributed by atoms with Crippen LogP contribution in [0.2, 0.25) is 0 Å². The lowest BCUT2D eigenvalue weighted by molar-refractivity contribution is -0.128. The lowest BCUT2D eigenvalue weighted by atomic mass is 9.96. The summed E-state index contributed by atoms with van der Waals surface area (Å²) in [5, 5.41) is 10.8. The molecule has 0 aliphatic heterocycles. The minimum atomic E-state index is -0.359. The fourth-order valence-corrected chi connectivity index (χ4v) is 0.905. The van der Waals surface area contributed by atoms with Gasteiger partial charge in [-0.25, -0.2) is 0 Å². The van der Waals surface area contributed by atoms with Crippen LogP contribution in [0.4, 0.5) is 0 Å². The first-order valence-corrected chi connectivity index (χ1v) is 4.53. The average Bonchev–Trinajstić information content (AvgIpc) is 2.45. The third-order valence-corrected chi connectivity index (χ3v) is 1.76. The number of aryl methyl sites for hydroxylation is 1. The number of hydrogen-bond acceptors (Lipinski definition) is 3. The predicted octanol–water partition coefficient (Wildman–Crippen LogP) is 0.477. The zero-order valence-electron chi connectivity index (χ0n) is 9.03. The van der Waals surface area contributed by atoms with E-state index in [4.69, 9.17) is 0 Å². The van der Waals surface area contributed by atoms with Crippen LogP contribution in [0.5, 0.6) is 0 Å².